The Kier molecular flexibility index (Phi) is 12.1. The zero-order valence-electron chi connectivity index (χ0n) is 8.60. The summed E-state index contributed by atoms with van der Waals surface area (Å²) in [6, 6.07) is 0. The lowest BCUT2D eigenvalue weighted by molar-refractivity contribution is -0.142. The molecule has 0 aliphatic carbocycles. The monoisotopic (exact) mass is 242 g/mol. The normalized spacial score (nSPS) is 15.7. The second kappa shape index (κ2) is 10.9. The van der Waals surface area contributed by atoms with Crippen molar-refractivity contribution in [1.82, 2.24) is 0 Å². The molecule has 0 aliphatic rings. The summed E-state index contributed by atoms with van der Waals surface area (Å²) < 4.78 is 0. The third-order valence-electron chi connectivity index (χ3n) is 1.49. The van der Waals surface area contributed by atoms with Gasteiger partial charge in [0, 0.05) is 0 Å². The SMILES string of the molecule is O=C(CO)C(O)C(O)C(O)CO.OCCO. The third kappa shape index (κ3) is 7.65. The Morgan fingerprint density at radius 1 is 0.938 bits per heavy atom. The molecule has 0 radical (unpaired) electrons. The van der Waals surface area contributed by atoms with E-state index in [0.29, 0.717) is 0 Å². The van der Waals surface area contributed by atoms with Crippen LogP contribution < -0.4 is 0 Å². The van der Waals surface area contributed by atoms with Crippen LogP contribution in [0.2, 0.25) is 0 Å². The molecule has 0 aliphatic heterocycles. The summed E-state index contributed by atoms with van der Waals surface area (Å²) in [5.74, 6) is -1.00. The van der Waals surface area contributed by atoms with Crippen LogP contribution in [0.5, 0.6) is 0 Å². The highest BCUT2D eigenvalue weighted by molar-refractivity contribution is 5.84. The molecule has 0 rings (SSSR count). The second-order valence-electron chi connectivity index (χ2n) is 2.76. The van der Waals surface area contributed by atoms with Gasteiger partial charge in [0.25, 0.3) is 0 Å². The average molecular weight is 242 g/mol. The van der Waals surface area contributed by atoms with Crippen LogP contribution in [0.25, 0.3) is 0 Å². The minimum Gasteiger partial charge on any atom is -0.394 e. The van der Waals surface area contributed by atoms with Gasteiger partial charge in [0.2, 0.25) is 0 Å². The topological polar surface area (TPSA) is 159 Å². The number of aliphatic hydroxyl groups is 7. The van der Waals surface area contributed by atoms with E-state index in [-0.39, 0.29) is 13.2 Å². The molecule has 0 amide bonds. The number of rotatable bonds is 6. The zero-order chi connectivity index (χ0) is 13.1. The fourth-order valence-corrected chi connectivity index (χ4v) is 0.602. The Labute approximate surface area is 92.0 Å². The van der Waals surface area contributed by atoms with Crippen LogP contribution in [0.3, 0.4) is 0 Å². The van der Waals surface area contributed by atoms with Crippen molar-refractivity contribution in [2.75, 3.05) is 26.4 Å². The highest BCUT2D eigenvalue weighted by Crippen LogP contribution is 2.00. The summed E-state index contributed by atoms with van der Waals surface area (Å²) in [6.45, 7) is -1.94. The van der Waals surface area contributed by atoms with Crippen molar-refractivity contribution in [2.24, 2.45) is 0 Å². The van der Waals surface area contributed by atoms with Gasteiger partial charge >= 0.3 is 0 Å². The van der Waals surface area contributed by atoms with Crippen LogP contribution in [-0.2, 0) is 4.79 Å². The number of carbonyl (C=O) groups excluding carboxylic acids is 1. The second-order valence-corrected chi connectivity index (χ2v) is 2.76. The van der Waals surface area contributed by atoms with Gasteiger partial charge in [0.05, 0.1) is 19.8 Å². The predicted molar refractivity (Wildman–Crippen MR) is 51.4 cm³/mol. The first kappa shape index (κ1) is 17.8. The molecule has 3 unspecified atom stereocenters. The predicted octanol–water partition coefficient (Wildman–Crippen LogP) is -4.41. The van der Waals surface area contributed by atoms with E-state index in [1.165, 1.54) is 0 Å². The number of ketones is 1. The van der Waals surface area contributed by atoms with E-state index >= 15 is 0 Å². The minimum absolute atomic E-state index is 0.125. The Hall–Kier alpha value is -0.610. The molecule has 0 aromatic rings. The lowest BCUT2D eigenvalue weighted by Gasteiger charge is -2.19. The van der Waals surface area contributed by atoms with Gasteiger partial charge in [-0.05, 0) is 0 Å². The fourth-order valence-electron chi connectivity index (χ4n) is 0.602. The Bertz CT molecular complexity index is 171. The Morgan fingerprint density at radius 2 is 1.38 bits per heavy atom. The maximum atomic E-state index is 10.5. The van der Waals surface area contributed by atoms with Gasteiger partial charge in [-0.15, -0.1) is 0 Å². The summed E-state index contributed by atoms with van der Waals surface area (Å²) in [4.78, 5) is 10.5. The van der Waals surface area contributed by atoms with Crippen molar-refractivity contribution >= 4 is 5.78 Å². The van der Waals surface area contributed by atoms with Gasteiger partial charge in [-0.1, -0.05) is 0 Å². The van der Waals surface area contributed by atoms with E-state index in [0.717, 1.165) is 0 Å². The molecule has 0 aromatic heterocycles. The van der Waals surface area contributed by atoms with Gasteiger partial charge in [-0.3, -0.25) is 4.79 Å². The van der Waals surface area contributed by atoms with E-state index in [9.17, 15) is 4.79 Å². The first-order valence-electron chi connectivity index (χ1n) is 4.46. The molecule has 0 saturated carbocycles. The van der Waals surface area contributed by atoms with E-state index in [1.54, 1.807) is 0 Å². The summed E-state index contributed by atoms with van der Waals surface area (Å²) >= 11 is 0. The first-order chi connectivity index (χ1) is 7.45. The molecule has 3 atom stereocenters. The Balaban J connectivity index is 0. The minimum atomic E-state index is -1.86. The van der Waals surface area contributed by atoms with Gasteiger partial charge in [-0.25, -0.2) is 0 Å². The highest BCUT2D eigenvalue weighted by atomic mass is 16.4. The van der Waals surface area contributed by atoms with Crippen molar-refractivity contribution in [3.8, 4) is 0 Å². The van der Waals surface area contributed by atoms with Crippen molar-refractivity contribution in [2.45, 2.75) is 18.3 Å². The van der Waals surface area contributed by atoms with Crippen LogP contribution in [0, 0.1) is 0 Å². The largest absolute Gasteiger partial charge is 0.394 e. The fraction of sp³-hybridized carbons (Fsp3) is 0.875. The van der Waals surface area contributed by atoms with Crippen LogP contribution >= 0.6 is 0 Å². The maximum absolute atomic E-state index is 10.5. The molecule has 8 heteroatoms. The molecule has 7 N–H and O–H groups in total. The molecule has 0 spiro atoms. The van der Waals surface area contributed by atoms with Crippen molar-refractivity contribution in [3.05, 3.63) is 0 Å². The quantitative estimate of drug-likeness (QED) is 0.246. The summed E-state index contributed by atoms with van der Waals surface area (Å²) in [5.41, 5.74) is 0. The van der Waals surface area contributed by atoms with Crippen LogP contribution in [0.15, 0.2) is 0 Å². The molecule has 98 valence electrons. The van der Waals surface area contributed by atoms with Crippen LogP contribution in [0.1, 0.15) is 0 Å². The highest BCUT2D eigenvalue weighted by Gasteiger charge is 2.28. The van der Waals surface area contributed by atoms with E-state index in [2.05, 4.69) is 0 Å². The number of hydrogen-bond acceptors (Lipinski definition) is 8. The van der Waals surface area contributed by atoms with E-state index in [4.69, 9.17) is 35.7 Å². The van der Waals surface area contributed by atoms with Gasteiger partial charge in [0.1, 0.15) is 24.9 Å². The number of Topliss-reactive ketones (excluding diaryl/α,β-unsaturated/α-hetero) is 1. The number of aliphatic hydroxyl groups excluding tert-OH is 7. The van der Waals surface area contributed by atoms with Crippen molar-refractivity contribution in [3.63, 3.8) is 0 Å². The summed E-state index contributed by atoms with van der Waals surface area (Å²) in [6.07, 6.45) is -5.22. The molecule has 8 nitrogen and oxygen atoms in total. The van der Waals surface area contributed by atoms with Crippen molar-refractivity contribution < 1.29 is 40.5 Å². The maximum Gasteiger partial charge on any atom is 0.189 e. The smallest absolute Gasteiger partial charge is 0.189 e. The first-order valence-corrected chi connectivity index (χ1v) is 4.46. The molecule has 0 heterocycles. The van der Waals surface area contributed by atoms with Gasteiger partial charge < -0.3 is 35.7 Å². The number of carbonyl (C=O) groups is 1. The summed E-state index contributed by atoms with van der Waals surface area (Å²) in [7, 11) is 0. The number of hydrogen-bond donors (Lipinski definition) is 7. The van der Waals surface area contributed by atoms with Gasteiger partial charge in [-0.2, -0.15) is 0 Å². The molecule has 16 heavy (non-hydrogen) atoms. The molecular formula is C8H18O8. The molecule has 0 aromatic carbocycles. The molecule has 0 fully saturated rings. The molecule has 0 saturated heterocycles. The lowest BCUT2D eigenvalue weighted by atomic mass is 10.1. The van der Waals surface area contributed by atoms with E-state index in [1.807, 2.05) is 0 Å². The Morgan fingerprint density at radius 3 is 1.62 bits per heavy atom. The summed E-state index contributed by atoms with van der Waals surface area (Å²) in [5, 5.41) is 58.3. The average Bonchev–Trinajstić information content (AvgIpc) is 2.34. The standard InChI is InChI=1S/C6H12O6.C2H6O2/c7-1-3(9)5(11)6(12)4(10)2-8;3-1-2-4/h3,5-9,11-12H,1-2H2;3-4H,1-2H2. The lowest BCUT2D eigenvalue weighted by Crippen LogP contribution is -2.44. The van der Waals surface area contributed by atoms with Crippen molar-refractivity contribution in [1.29, 1.82) is 0 Å². The van der Waals surface area contributed by atoms with E-state index < -0.39 is 37.3 Å². The van der Waals surface area contributed by atoms with Gasteiger partial charge in [0.15, 0.2) is 5.78 Å². The third-order valence-corrected chi connectivity index (χ3v) is 1.49. The van der Waals surface area contributed by atoms with Crippen LogP contribution in [0.4, 0.5) is 0 Å². The van der Waals surface area contributed by atoms with Crippen LogP contribution in [-0.4, -0.2) is 86.3 Å². The molecular weight excluding hydrogens is 224 g/mol. The molecule has 0 bridgehead atoms. The zero-order valence-corrected chi connectivity index (χ0v) is 8.60.